The number of tetrazole rings is 1. The predicted octanol–water partition coefficient (Wildman–Crippen LogP) is 0.509. The SMILES string of the molecule is Cc1cc(C)n(-c2ccc(NC(=O)Cn3cnnn3)cn2)n1. The summed E-state index contributed by atoms with van der Waals surface area (Å²) in [5.41, 5.74) is 2.53. The number of hydrogen-bond acceptors (Lipinski definition) is 6. The van der Waals surface area contributed by atoms with Crippen LogP contribution < -0.4 is 5.32 Å². The van der Waals surface area contributed by atoms with E-state index in [1.807, 2.05) is 19.9 Å². The van der Waals surface area contributed by atoms with Crippen LogP contribution in [0, 0.1) is 13.8 Å². The van der Waals surface area contributed by atoms with Crippen LogP contribution in [0.2, 0.25) is 0 Å². The number of amides is 1. The molecule has 9 heteroatoms. The molecule has 0 saturated heterocycles. The van der Waals surface area contributed by atoms with E-state index in [1.165, 1.54) is 11.0 Å². The molecule has 0 aliphatic carbocycles. The average molecular weight is 298 g/mol. The molecule has 3 heterocycles. The number of nitrogens with zero attached hydrogens (tertiary/aromatic N) is 7. The Morgan fingerprint density at radius 3 is 2.77 bits per heavy atom. The van der Waals surface area contributed by atoms with Crippen molar-refractivity contribution < 1.29 is 4.79 Å². The second kappa shape index (κ2) is 5.72. The molecule has 0 atom stereocenters. The van der Waals surface area contributed by atoms with E-state index >= 15 is 0 Å². The molecule has 0 fully saturated rings. The molecule has 112 valence electrons. The van der Waals surface area contributed by atoms with Gasteiger partial charge in [0.1, 0.15) is 12.9 Å². The van der Waals surface area contributed by atoms with Crippen LogP contribution in [0.15, 0.2) is 30.7 Å². The lowest BCUT2D eigenvalue weighted by atomic mass is 10.3. The summed E-state index contributed by atoms with van der Waals surface area (Å²) in [6, 6.07) is 5.55. The molecule has 0 aliphatic rings. The van der Waals surface area contributed by atoms with Gasteiger partial charge in [0, 0.05) is 5.69 Å². The number of aryl methyl sites for hydroxylation is 2. The van der Waals surface area contributed by atoms with Crippen LogP contribution in [-0.4, -0.2) is 40.9 Å². The van der Waals surface area contributed by atoms with Gasteiger partial charge in [-0.25, -0.2) is 14.3 Å². The first-order chi connectivity index (χ1) is 10.6. The number of carbonyl (C=O) groups is 1. The van der Waals surface area contributed by atoms with Crippen molar-refractivity contribution in [2.75, 3.05) is 5.32 Å². The molecule has 0 bridgehead atoms. The Hall–Kier alpha value is -3.10. The molecule has 3 aromatic heterocycles. The molecule has 0 radical (unpaired) electrons. The normalized spacial score (nSPS) is 10.6. The van der Waals surface area contributed by atoms with Gasteiger partial charge in [-0.3, -0.25) is 4.79 Å². The predicted molar refractivity (Wildman–Crippen MR) is 77.3 cm³/mol. The maximum absolute atomic E-state index is 11.8. The van der Waals surface area contributed by atoms with Crippen molar-refractivity contribution in [1.29, 1.82) is 0 Å². The van der Waals surface area contributed by atoms with Crippen molar-refractivity contribution in [2.45, 2.75) is 20.4 Å². The molecule has 1 N–H and O–H groups in total. The van der Waals surface area contributed by atoms with Crippen LogP contribution >= 0.6 is 0 Å². The lowest BCUT2D eigenvalue weighted by Gasteiger charge is -2.06. The molecular formula is C13H14N8O. The molecule has 3 rings (SSSR count). The minimum atomic E-state index is -0.229. The highest BCUT2D eigenvalue weighted by molar-refractivity contribution is 5.90. The van der Waals surface area contributed by atoms with Crippen LogP contribution in [0.3, 0.4) is 0 Å². The topological polar surface area (TPSA) is 103 Å². The molecule has 22 heavy (non-hydrogen) atoms. The van der Waals surface area contributed by atoms with Crippen molar-refractivity contribution in [3.8, 4) is 5.82 Å². The van der Waals surface area contributed by atoms with Crippen LogP contribution in [0.5, 0.6) is 0 Å². The van der Waals surface area contributed by atoms with Crippen LogP contribution in [0.4, 0.5) is 5.69 Å². The smallest absolute Gasteiger partial charge is 0.246 e. The van der Waals surface area contributed by atoms with Gasteiger partial charge in [-0.15, -0.1) is 5.10 Å². The molecular weight excluding hydrogens is 284 g/mol. The highest BCUT2D eigenvalue weighted by atomic mass is 16.2. The van der Waals surface area contributed by atoms with E-state index in [2.05, 4.69) is 30.9 Å². The first-order valence-electron chi connectivity index (χ1n) is 6.62. The lowest BCUT2D eigenvalue weighted by molar-refractivity contribution is -0.116. The number of aromatic nitrogens is 7. The van der Waals surface area contributed by atoms with Crippen LogP contribution in [-0.2, 0) is 11.3 Å². The monoisotopic (exact) mass is 298 g/mol. The number of hydrogen-bond donors (Lipinski definition) is 1. The van der Waals surface area contributed by atoms with Crippen LogP contribution in [0.1, 0.15) is 11.4 Å². The maximum Gasteiger partial charge on any atom is 0.246 e. The van der Waals surface area contributed by atoms with Gasteiger partial charge in [0.25, 0.3) is 0 Å². The third-order valence-corrected chi connectivity index (χ3v) is 2.96. The molecule has 1 amide bonds. The van der Waals surface area contributed by atoms with Crippen molar-refractivity contribution in [3.05, 3.63) is 42.1 Å². The number of carbonyl (C=O) groups excluding carboxylic acids is 1. The van der Waals surface area contributed by atoms with Gasteiger partial charge in [-0.05, 0) is 42.5 Å². The van der Waals surface area contributed by atoms with E-state index in [9.17, 15) is 4.79 Å². The Morgan fingerprint density at radius 1 is 1.32 bits per heavy atom. The van der Waals surface area contributed by atoms with Crippen LogP contribution in [0.25, 0.3) is 5.82 Å². The van der Waals surface area contributed by atoms with Crippen molar-refractivity contribution in [1.82, 2.24) is 35.0 Å². The van der Waals surface area contributed by atoms with Gasteiger partial charge in [0.15, 0.2) is 5.82 Å². The minimum Gasteiger partial charge on any atom is -0.323 e. The molecule has 3 aromatic rings. The molecule has 0 aromatic carbocycles. The van der Waals surface area contributed by atoms with E-state index in [4.69, 9.17) is 0 Å². The quantitative estimate of drug-likeness (QED) is 0.752. The second-order valence-corrected chi connectivity index (χ2v) is 4.80. The zero-order valence-electron chi connectivity index (χ0n) is 12.1. The minimum absolute atomic E-state index is 0.0478. The first kappa shape index (κ1) is 13.9. The Balaban J connectivity index is 1.69. The molecule has 0 saturated carbocycles. The third-order valence-electron chi connectivity index (χ3n) is 2.96. The third kappa shape index (κ3) is 2.97. The number of pyridine rings is 1. The van der Waals surface area contributed by atoms with Crippen molar-refractivity contribution in [3.63, 3.8) is 0 Å². The van der Waals surface area contributed by atoms with E-state index in [-0.39, 0.29) is 12.5 Å². The fourth-order valence-corrected chi connectivity index (χ4v) is 2.05. The fraction of sp³-hybridized carbons (Fsp3) is 0.231. The van der Waals surface area contributed by atoms with Gasteiger partial charge < -0.3 is 5.32 Å². The summed E-state index contributed by atoms with van der Waals surface area (Å²) in [5.74, 6) is 0.469. The summed E-state index contributed by atoms with van der Waals surface area (Å²) in [5, 5.41) is 17.7. The fourth-order valence-electron chi connectivity index (χ4n) is 2.05. The summed E-state index contributed by atoms with van der Waals surface area (Å²) in [7, 11) is 0. The largest absolute Gasteiger partial charge is 0.323 e. The van der Waals surface area contributed by atoms with E-state index in [0.29, 0.717) is 11.5 Å². The standard InChI is InChI=1S/C13H14N8O/c1-9-5-10(2)21(17-9)12-4-3-11(6-14-12)16-13(22)7-20-8-15-18-19-20/h3-6,8H,7H2,1-2H3,(H,16,22). The molecule has 0 spiro atoms. The Bertz CT molecular complexity index is 775. The van der Waals surface area contributed by atoms with Gasteiger partial charge in [0.05, 0.1) is 17.6 Å². The summed E-state index contributed by atoms with van der Waals surface area (Å²) in [6.07, 6.45) is 2.97. The molecule has 0 unspecified atom stereocenters. The van der Waals surface area contributed by atoms with Crippen molar-refractivity contribution >= 4 is 11.6 Å². The summed E-state index contributed by atoms with van der Waals surface area (Å²) >= 11 is 0. The molecule has 0 aliphatic heterocycles. The lowest BCUT2D eigenvalue weighted by Crippen LogP contribution is -2.19. The number of nitrogens with one attached hydrogen (secondary N) is 1. The van der Waals surface area contributed by atoms with E-state index < -0.39 is 0 Å². The summed E-state index contributed by atoms with van der Waals surface area (Å²) in [6.45, 7) is 3.94. The molecule has 9 nitrogen and oxygen atoms in total. The maximum atomic E-state index is 11.8. The highest BCUT2D eigenvalue weighted by Crippen LogP contribution is 2.12. The Kier molecular flexibility index (Phi) is 3.60. The van der Waals surface area contributed by atoms with E-state index in [1.54, 1.807) is 23.0 Å². The van der Waals surface area contributed by atoms with Crippen molar-refractivity contribution in [2.24, 2.45) is 0 Å². The summed E-state index contributed by atoms with van der Waals surface area (Å²) in [4.78, 5) is 16.1. The highest BCUT2D eigenvalue weighted by Gasteiger charge is 2.07. The van der Waals surface area contributed by atoms with Gasteiger partial charge in [0.2, 0.25) is 5.91 Å². The summed E-state index contributed by atoms with van der Waals surface area (Å²) < 4.78 is 3.09. The van der Waals surface area contributed by atoms with Gasteiger partial charge in [-0.2, -0.15) is 5.10 Å². The first-order valence-corrected chi connectivity index (χ1v) is 6.62. The average Bonchev–Trinajstić information content (AvgIpc) is 3.09. The Labute approximate surface area is 126 Å². The van der Waals surface area contributed by atoms with E-state index in [0.717, 1.165) is 11.4 Å². The van der Waals surface area contributed by atoms with Gasteiger partial charge in [-0.1, -0.05) is 0 Å². The second-order valence-electron chi connectivity index (χ2n) is 4.80. The zero-order valence-corrected chi connectivity index (χ0v) is 12.1. The number of anilines is 1. The number of rotatable bonds is 4. The van der Waals surface area contributed by atoms with Gasteiger partial charge >= 0.3 is 0 Å². The zero-order chi connectivity index (χ0) is 15.5. The Morgan fingerprint density at radius 2 is 2.18 bits per heavy atom.